The first-order valence-corrected chi connectivity index (χ1v) is 5.98. The summed E-state index contributed by atoms with van der Waals surface area (Å²) in [5.74, 6) is 0. The molecule has 0 spiro atoms. The van der Waals surface area contributed by atoms with Crippen LogP contribution in [0.3, 0.4) is 0 Å². The number of hydrogen-bond donors (Lipinski definition) is 1. The van der Waals surface area contributed by atoms with Crippen molar-refractivity contribution in [2.75, 3.05) is 0 Å². The van der Waals surface area contributed by atoms with E-state index in [2.05, 4.69) is 42.8 Å². The Morgan fingerprint density at radius 3 is 2.23 bits per heavy atom. The largest absolute Gasteiger partial charge is 0.324 e. The van der Waals surface area contributed by atoms with Crippen LogP contribution in [0.2, 0.25) is 0 Å². The molecule has 0 amide bonds. The van der Waals surface area contributed by atoms with Crippen molar-refractivity contribution < 1.29 is 0 Å². The second-order valence-electron chi connectivity index (χ2n) is 4.36. The lowest BCUT2D eigenvalue weighted by Crippen LogP contribution is -2.09. The van der Waals surface area contributed by atoms with E-state index in [0.717, 1.165) is 0 Å². The first kappa shape index (κ1) is 11.2. The maximum absolute atomic E-state index is 5.83. The molecule has 1 heterocycles. The van der Waals surface area contributed by atoms with E-state index in [1.165, 1.54) is 14.2 Å². The quantitative estimate of drug-likeness (QED) is 0.817. The molecule has 74 valence electrons. The van der Waals surface area contributed by atoms with Crippen molar-refractivity contribution in [1.29, 1.82) is 0 Å². The molecule has 0 aliphatic heterocycles. The van der Waals surface area contributed by atoms with Crippen LogP contribution in [0.1, 0.15) is 43.5 Å². The smallest absolute Gasteiger partial charge is 0.0361 e. The van der Waals surface area contributed by atoms with E-state index in [9.17, 15) is 0 Å². The van der Waals surface area contributed by atoms with Crippen LogP contribution in [0.15, 0.2) is 10.5 Å². The molecule has 0 aliphatic rings. The van der Waals surface area contributed by atoms with Gasteiger partial charge in [-0.2, -0.15) is 0 Å². The molecule has 1 aromatic rings. The van der Waals surface area contributed by atoms with Crippen molar-refractivity contribution in [3.05, 3.63) is 20.3 Å². The zero-order chi connectivity index (χ0) is 10.2. The summed E-state index contributed by atoms with van der Waals surface area (Å²) in [6.07, 6.45) is 0. The van der Waals surface area contributed by atoms with E-state index in [1.54, 1.807) is 11.3 Å². The third kappa shape index (κ3) is 2.55. The summed E-state index contributed by atoms with van der Waals surface area (Å²) in [5, 5.41) is 0. The minimum Gasteiger partial charge on any atom is -0.324 e. The second-order valence-corrected chi connectivity index (χ2v) is 6.30. The molecule has 0 saturated carbocycles. The Morgan fingerprint density at radius 2 is 2.00 bits per heavy atom. The number of nitrogens with two attached hydrogens (primary N) is 1. The summed E-state index contributed by atoms with van der Waals surface area (Å²) in [6, 6.07) is 2.27. The van der Waals surface area contributed by atoms with Gasteiger partial charge in [-0.1, -0.05) is 20.8 Å². The molecule has 1 aromatic heterocycles. The molecule has 1 nitrogen and oxygen atoms in total. The van der Waals surface area contributed by atoms with Crippen LogP contribution in [0, 0.1) is 0 Å². The standard InChI is InChI=1S/C10H16BrNS/c1-6(12)8-5-7(11)9(13-8)10(2,3)4/h5-6H,12H2,1-4H3. The van der Waals surface area contributed by atoms with Gasteiger partial charge in [0.25, 0.3) is 0 Å². The van der Waals surface area contributed by atoms with Gasteiger partial charge >= 0.3 is 0 Å². The van der Waals surface area contributed by atoms with Crippen molar-refractivity contribution in [3.63, 3.8) is 0 Å². The van der Waals surface area contributed by atoms with Crippen molar-refractivity contribution in [1.82, 2.24) is 0 Å². The molecule has 2 N–H and O–H groups in total. The third-order valence-electron chi connectivity index (χ3n) is 1.84. The van der Waals surface area contributed by atoms with Crippen LogP contribution in [-0.2, 0) is 5.41 Å². The summed E-state index contributed by atoms with van der Waals surface area (Å²) in [7, 11) is 0. The van der Waals surface area contributed by atoms with Gasteiger partial charge < -0.3 is 5.73 Å². The molecule has 1 rings (SSSR count). The Hall–Kier alpha value is 0.140. The van der Waals surface area contributed by atoms with E-state index >= 15 is 0 Å². The van der Waals surface area contributed by atoms with Crippen LogP contribution >= 0.6 is 27.3 Å². The fourth-order valence-electron chi connectivity index (χ4n) is 1.12. The van der Waals surface area contributed by atoms with Gasteiger partial charge in [0.1, 0.15) is 0 Å². The summed E-state index contributed by atoms with van der Waals surface area (Å²) >= 11 is 5.38. The molecular formula is C10H16BrNS. The highest BCUT2D eigenvalue weighted by Crippen LogP contribution is 2.38. The maximum atomic E-state index is 5.83. The minimum absolute atomic E-state index is 0.136. The first-order chi connectivity index (χ1) is 5.82. The number of halogens is 1. The minimum atomic E-state index is 0.136. The molecule has 13 heavy (non-hydrogen) atoms. The predicted molar refractivity (Wildman–Crippen MR) is 63.3 cm³/mol. The van der Waals surface area contributed by atoms with Crippen molar-refractivity contribution in [2.24, 2.45) is 5.73 Å². The van der Waals surface area contributed by atoms with E-state index in [4.69, 9.17) is 5.73 Å². The van der Waals surface area contributed by atoms with Gasteiger partial charge in [-0.25, -0.2) is 0 Å². The fraction of sp³-hybridized carbons (Fsp3) is 0.600. The third-order valence-corrected chi connectivity index (χ3v) is 4.49. The molecule has 0 saturated heterocycles. The molecule has 0 bridgehead atoms. The Bertz CT molecular complexity index is 296. The topological polar surface area (TPSA) is 26.0 Å². The summed E-state index contributed by atoms with van der Waals surface area (Å²) in [6.45, 7) is 8.67. The zero-order valence-corrected chi connectivity index (χ0v) is 10.9. The average molecular weight is 262 g/mol. The average Bonchev–Trinajstić information content (AvgIpc) is 2.29. The van der Waals surface area contributed by atoms with Crippen molar-refractivity contribution in [3.8, 4) is 0 Å². The monoisotopic (exact) mass is 261 g/mol. The van der Waals surface area contributed by atoms with Gasteiger partial charge in [-0.15, -0.1) is 11.3 Å². The van der Waals surface area contributed by atoms with E-state index < -0.39 is 0 Å². The van der Waals surface area contributed by atoms with Gasteiger partial charge in [0, 0.05) is 20.3 Å². The summed E-state index contributed by atoms with van der Waals surface area (Å²) in [4.78, 5) is 2.62. The predicted octanol–water partition coefficient (Wildman–Crippen LogP) is 3.83. The number of hydrogen-bond acceptors (Lipinski definition) is 2. The molecule has 1 unspecified atom stereocenters. The number of rotatable bonds is 1. The highest BCUT2D eigenvalue weighted by atomic mass is 79.9. The molecule has 0 aliphatic carbocycles. The van der Waals surface area contributed by atoms with Crippen LogP contribution in [0.5, 0.6) is 0 Å². The first-order valence-electron chi connectivity index (χ1n) is 4.37. The second kappa shape index (κ2) is 3.71. The van der Waals surface area contributed by atoms with E-state index in [1.807, 2.05) is 6.92 Å². The zero-order valence-electron chi connectivity index (χ0n) is 8.52. The van der Waals surface area contributed by atoms with Gasteiger partial charge in [0.15, 0.2) is 0 Å². The van der Waals surface area contributed by atoms with Crippen LogP contribution in [0.25, 0.3) is 0 Å². The highest BCUT2D eigenvalue weighted by molar-refractivity contribution is 9.10. The lowest BCUT2D eigenvalue weighted by molar-refractivity contribution is 0.601. The Labute approximate surface area is 92.5 Å². The Morgan fingerprint density at radius 1 is 1.46 bits per heavy atom. The fourth-order valence-corrected chi connectivity index (χ4v) is 3.42. The van der Waals surface area contributed by atoms with Gasteiger partial charge in [0.05, 0.1) is 0 Å². The maximum Gasteiger partial charge on any atom is 0.0361 e. The Balaban J connectivity index is 3.11. The number of thiophene rings is 1. The molecule has 1 atom stereocenters. The lowest BCUT2D eigenvalue weighted by Gasteiger charge is -2.16. The van der Waals surface area contributed by atoms with Gasteiger partial charge in [0.2, 0.25) is 0 Å². The molecule has 0 fully saturated rings. The van der Waals surface area contributed by atoms with Gasteiger partial charge in [-0.3, -0.25) is 0 Å². The van der Waals surface area contributed by atoms with Crippen LogP contribution in [-0.4, -0.2) is 0 Å². The lowest BCUT2D eigenvalue weighted by atomic mass is 9.95. The van der Waals surface area contributed by atoms with E-state index in [0.29, 0.717) is 0 Å². The molecule has 3 heteroatoms. The van der Waals surface area contributed by atoms with Gasteiger partial charge in [-0.05, 0) is 34.3 Å². The SMILES string of the molecule is CC(N)c1cc(Br)c(C(C)(C)C)s1. The summed E-state index contributed by atoms with van der Waals surface area (Å²) < 4.78 is 1.19. The van der Waals surface area contributed by atoms with Crippen molar-refractivity contribution in [2.45, 2.75) is 39.2 Å². The van der Waals surface area contributed by atoms with Crippen LogP contribution in [0.4, 0.5) is 0 Å². The van der Waals surface area contributed by atoms with Crippen molar-refractivity contribution >= 4 is 27.3 Å². The summed E-state index contributed by atoms with van der Waals surface area (Å²) in [5.41, 5.74) is 6.03. The highest BCUT2D eigenvalue weighted by Gasteiger charge is 2.21. The Kier molecular flexibility index (Phi) is 3.20. The van der Waals surface area contributed by atoms with E-state index in [-0.39, 0.29) is 11.5 Å². The molecule has 0 aromatic carbocycles. The van der Waals surface area contributed by atoms with Crippen LogP contribution < -0.4 is 5.73 Å². The molecule has 0 radical (unpaired) electrons. The molecular weight excluding hydrogens is 246 g/mol. The normalized spacial score (nSPS) is 14.6.